The third kappa shape index (κ3) is 5.35. The highest BCUT2D eigenvalue weighted by Gasteiger charge is 2.12. The Morgan fingerprint density at radius 3 is 2.06 bits per heavy atom. The molecule has 0 aliphatic rings. The Bertz CT molecular complexity index is 1400. The number of rotatable bonds is 9. The topological polar surface area (TPSA) is 0 Å². The molecule has 0 aliphatic heterocycles. The molecule has 0 nitrogen and oxygen atoms in total. The molecule has 5 aromatic rings. The van der Waals surface area contributed by atoms with Crippen molar-refractivity contribution in [2.45, 2.75) is 64.7 Å². The zero-order valence-electron chi connectivity index (χ0n) is 19.3. The van der Waals surface area contributed by atoms with Crippen molar-refractivity contribution in [3.05, 3.63) is 69.9 Å². The molecule has 0 unspecified atom stereocenters. The molecule has 0 aliphatic carbocycles. The summed E-state index contributed by atoms with van der Waals surface area (Å²) in [6.45, 7) is 2.29. The summed E-state index contributed by atoms with van der Waals surface area (Å²) < 4.78 is 5.66. The molecule has 0 amide bonds. The van der Waals surface area contributed by atoms with E-state index >= 15 is 0 Å². The highest BCUT2D eigenvalue weighted by molar-refractivity contribution is 7.36. The van der Waals surface area contributed by atoms with Gasteiger partial charge in [-0.25, -0.2) is 0 Å². The van der Waals surface area contributed by atoms with E-state index in [4.69, 9.17) is 0 Å². The van der Waals surface area contributed by atoms with Gasteiger partial charge in [0.05, 0.1) is 9.40 Å². The predicted molar refractivity (Wildman–Crippen MR) is 151 cm³/mol. The molecule has 0 bridgehead atoms. The Morgan fingerprint density at radius 1 is 0.667 bits per heavy atom. The minimum atomic E-state index is 1.10. The summed E-state index contributed by atoms with van der Waals surface area (Å²) in [5.41, 5.74) is 3.69. The van der Waals surface area contributed by atoms with Crippen molar-refractivity contribution in [3.63, 3.8) is 0 Å². The van der Waals surface area contributed by atoms with E-state index in [1.54, 1.807) is 11.3 Å². The minimum absolute atomic E-state index is 1.10. The molecule has 0 radical (unpaired) electrons. The average Bonchev–Trinajstić information content (AvgIpc) is 3.55. The van der Waals surface area contributed by atoms with Gasteiger partial charge in [-0.1, -0.05) is 81.9 Å². The Balaban J connectivity index is 1.28. The summed E-state index contributed by atoms with van der Waals surface area (Å²) in [6, 6.07) is 15.9. The number of benzene rings is 2. The van der Waals surface area contributed by atoms with Gasteiger partial charge in [-0.15, -0.1) is 22.7 Å². The van der Waals surface area contributed by atoms with Crippen molar-refractivity contribution < 1.29 is 0 Å². The minimum Gasteiger partial charge on any atom is -0.151 e. The summed E-state index contributed by atoms with van der Waals surface area (Å²) in [7, 11) is 0. The summed E-state index contributed by atoms with van der Waals surface area (Å²) in [4.78, 5) is 0. The van der Waals surface area contributed by atoms with Crippen molar-refractivity contribution in [2.75, 3.05) is 0 Å². The number of hydrogen-bond acceptors (Lipinski definition) is 3. The number of thiophene rings is 3. The standard InChI is InChI=1S/C30H30S3/c1-2-3-4-5-6-7-8-9-10-22-13-15-25-27(19-22)32-30-26-16-14-23(20-28(26)33-29(25)30)11-12-24-17-18-31-21-24/h13-21H,2-10H2,1H3. The van der Waals surface area contributed by atoms with Gasteiger partial charge in [0.1, 0.15) is 0 Å². The maximum absolute atomic E-state index is 3.33. The molecule has 168 valence electrons. The Hall–Kier alpha value is -2.12. The molecule has 33 heavy (non-hydrogen) atoms. The van der Waals surface area contributed by atoms with Gasteiger partial charge in [-0.05, 0) is 48.1 Å². The highest BCUT2D eigenvalue weighted by Crippen LogP contribution is 2.44. The summed E-state index contributed by atoms with van der Waals surface area (Å²) in [6.07, 6.45) is 12.3. The normalized spacial score (nSPS) is 11.4. The fourth-order valence-electron chi connectivity index (χ4n) is 4.48. The van der Waals surface area contributed by atoms with Gasteiger partial charge in [-0.3, -0.25) is 0 Å². The van der Waals surface area contributed by atoms with Crippen LogP contribution < -0.4 is 0 Å². The zero-order valence-corrected chi connectivity index (χ0v) is 21.7. The first-order valence-electron chi connectivity index (χ1n) is 12.2. The van der Waals surface area contributed by atoms with E-state index in [-0.39, 0.29) is 0 Å². The van der Waals surface area contributed by atoms with Crippen LogP contribution in [0.15, 0.2) is 53.2 Å². The summed E-state index contributed by atoms with van der Waals surface area (Å²) in [5, 5.41) is 6.97. The van der Waals surface area contributed by atoms with Crippen LogP contribution in [0.25, 0.3) is 29.6 Å². The molecular weight excluding hydrogens is 457 g/mol. The van der Waals surface area contributed by atoms with Gasteiger partial charge in [0.25, 0.3) is 0 Å². The largest absolute Gasteiger partial charge is 0.151 e. The average molecular weight is 487 g/mol. The summed E-state index contributed by atoms with van der Waals surface area (Å²) in [5.74, 6) is 6.60. The van der Waals surface area contributed by atoms with Crippen molar-refractivity contribution in [1.29, 1.82) is 0 Å². The lowest BCUT2D eigenvalue weighted by Crippen LogP contribution is -1.86. The molecule has 5 rings (SSSR count). The molecule has 3 aromatic heterocycles. The number of fused-ring (bicyclic) bond motifs is 5. The SMILES string of the molecule is CCCCCCCCCCc1ccc2c(c1)sc1c3ccc(C#Cc4ccsc4)cc3sc21. The van der Waals surface area contributed by atoms with Crippen molar-refractivity contribution >= 4 is 63.6 Å². The van der Waals surface area contributed by atoms with E-state index in [0.717, 1.165) is 11.1 Å². The number of aryl methyl sites for hydroxylation is 1. The van der Waals surface area contributed by atoms with E-state index in [2.05, 4.69) is 72.0 Å². The predicted octanol–water partition coefficient (Wildman–Crippen LogP) is 10.4. The second-order valence-corrected chi connectivity index (χ2v) is 11.8. The second-order valence-electron chi connectivity index (χ2n) is 8.89. The van der Waals surface area contributed by atoms with E-state index in [0.29, 0.717) is 0 Å². The molecule has 0 saturated carbocycles. The van der Waals surface area contributed by atoms with Crippen LogP contribution in [-0.2, 0) is 6.42 Å². The lowest BCUT2D eigenvalue weighted by Gasteiger charge is -2.03. The van der Waals surface area contributed by atoms with E-state index < -0.39 is 0 Å². The molecular formula is C30H30S3. The van der Waals surface area contributed by atoms with Gasteiger partial charge < -0.3 is 0 Å². The lowest BCUT2D eigenvalue weighted by molar-refractivity contribution is 0.575. The van der Waals surface area contributed by atoms with Gasteiger partial charge in [0.2, 0.25) is 0 Å². The fraction of sp³-hybridized carbons (Fsp3) is 0.333. The third-order valence-electron chi connectivity index (χ3n) is 6.34. The number of hydrogen-bond donors (Lipinski definition) is 0. The molecule has 0 fully saturated rings. The van der Waals surface area contributed by atoms with Crippen LogP contribution in [-0.4, -0.2) is 0 Å². The third-order valence-corrected chi connectivity index (χ3v) is 9.52. The van der Waals surface area contributed by atoms with E-state index in [1.807, 2.05) is 22.7 Å². The first-order chi connectivity index (χ1) is 16.3. The van der Waals surface area contributed by atoms with Gasteiger partial charge >= 0.3 is 0 Å². The Kier molecular flexibility index (Phi) is 7.47. The zero-order chi connectivity index (χ0) is 22.5. The monoisotopic (exact) mass is 486 g/mol. The van der Waals surface area contributed by atoms with Crippen LogP contribution in [0.2, 0.25) is 0 Å². The first kappa shape index (κ1) is 22.7. The molecule has 0 atom stereocenters. The molecule has 0 saturated heterocycles. The maximum atomic E-state index is 3.33. The van der Waals surface area contributed by atoms with Gasteiger partial charge in [0, 0.05) is 36.7 Å². The van der Waals surface area contributed by atoms with Crippen LogP contribution in [0.3, 0.4) is 0 Å². The Labute approximate surface area is 209 Å². The molecule has 0 spiro atoms. The van der Waals surface area contributed by atoms with Crippen molar-refractivity contribution in [2.24, 2.45) is 0 Å². The van der Waals surface area contributed by atoms with E-state index in [1.165, 1.54) is 92.9 Å². The van der Waals surface area contributed by atoms with Crippen LogP contribution in [0.1, 0.15) is 75.0 Å². The Morgan fingerprint density at radius 2 is 1.33 bits per heavy atom. The molecule has 0 N–H and O–H groups in total. The fourth-order valence-corrected chi connectivity index (χ4v) is 7.82. The quantitative estimate of drug-likeness (QED) is 0.143. The molecule has 3 heterocycles. The smallest absolute Gasteiger partial charge is 0.0542 e. The number of unbranched alkanes of at least 4 members (excludes halogenated alkanes) is 7. The van der Waals surface area contributed by atoms with Crippen LogP contribution in [0, 0.1) is 11.8 Å². The lowest BCUT2D eigenvalue weighted by atomic mass is 10.0. The van der Waals surface area contributed by atoms with Crippen LogP contribution in [0.5, 0.6) is 0 Å². The highest BCUT2D eigenvalue weighted by atomic mass is 32.1. The van der Waals surface area contributed by atoms with E-state index in [9.17, 15) is 0 Å². The second kappa shape index (κ2) is 10.9. The first-order valence-corrected chi connectivity index (χ1v) is 14.8. The molecule has 2 aromatic carbocycles. The van der Waals surface area contributed by atoms with Crippen molar-refractivity contribution in [1.82, 2.24) is 0 Å². The van der Waals surface area contributed by atoms with Crippen LogP contribution in [0.4, 0.5) is 0 Å². The maximum Gasteiger partial charge on any atom is 0.0542 e. The molecule has 3 heteroatoms. The van der Waals surface area contributed by atoms with Crippen molar-refractivity contribution in [3.8, 4) is 11.8 Å². The summed E-state index contributed by atoms with van der Waals surface area (Å²) >= 11 is 5.57. The van der Waals surface area contributed by atoms with Gasteiger partial charge in [0.15, 0.2) is 0 Å². The van der Waals surface area contributed by atoms with Crippen LogP contribution >= 0.6 is 34.0 Å². The van der Waals surface area contributed by atoms with Gasteiger partial charge in [-0.2, -0.15) is 11.3 Å².